The standard InChI is InChI=1S/C18H22N8O2/c1-23-6-8-25(9-7-23)18(27)14-10-16(15-12-24(2)22-20-15)26(21-14)13-4-5-17(28-3)19-11-13/h4-5,10-12H,6-9H2,1-3H3. The number of methoxy groups -OCH3 is 1. The van der Waals surface area contributed by atoms with E-state index in [1.54, 1.807) is 48.0 Å². The minimum atomic E-state index is -0.0848. The number of rotatable bonds is 4. The molecule has 28 heavy (non-hydrogen) atoms. The molecule has 4 rings (SSSR count). The van der Waals surface area contributed by atoms with Crippen LogP contribution in [-0.4, -0.2) is 85.8 Å². The third kappa shape index (κ3) is 3.46. The summed E-state index contributed by atoms with van der Waals surface area (Å²) < 4.78 is 8.40. The van der Waals surface area contributed by atoms with Crippen molar-refractivity contribution in [1.82, 2.24) is 39.6 Å². The summed E-state index contributed by atoms with van der Waals surface area (Å²) in [4.78, 5) is 21.3. The van der Waals surface area contributed by atoms with E-state index in [0.717, 1.165) is 13.1 Å². The monoisotopic (exact) mass is 382 g/mol. The predicted octanol–water partition coefficient (Wildman–Crippen LogP) is 0.459. The minimum absolute atomic E-state index is 0.0848. The summed E-state index contributed by atoms with van der Waals surface area (Å²) in [6, 6.07) is 5.34. The smallest absolute Gasteiger partial charge is 0.274 e. The molecular formula is C18H22N8O2. The van der Waals surface area contributed by atoms with E-state index in [9.17, 15) is 4.79 Å². The largest absolute Gasteiger partial charge is 0.481 e. The van der Waals surface area contributed by atoms with Crippen molar-refractivity contribution in [3.8, 4) is 23.0 Å². The Bertz CT molecular complexity index is 970. The molecule has 0 aliphatic carbocycles. The van der Waals surface area contributed by atoms with Gasteiger partial charge in [-0.1, -0.05) is 5.21 Å². The van der Waals surface area contributed by atoms with E-state index in [1.165, 1.54) is 0 Å². The van der Waals surface area contributed by atoms with Crippen LogP contribution in [0.2, 0.25) is 0 Å². The van der Waals surface area contributed by atoms with Crippen molar-refractivity contribution in [2.45, 2.75) is 0 Å². The molecule has 1 aliphatic heterocycles. The molecule has 0 spiro atoms. The first-order valence-corrected chi connectivity index (χ1v) is 9.00. The van der Waals surface area contributed by atoms with Crippen molar-refractivity contribution < 1.29 is 9.53 Å². The Morgan fingerprint density at radius 3 is 2.54 bits per heavy atom. The highest BCUT2D eigenvalue weighted by Gasteiger charge is 2.25. The highest BCUT2D eigenvalue weighted by atomic mass is 16.5. The van der Waals surface area contributed by atoms with E-state index in [0.29, 0.717) is 41.7 Å². The van der Waals surface area contributed by atoms with Crippen molar-refractivity contribution in [1.29, 1.82) is 0 Å². The highest BCUT2D eigenvalue weighted by Crippen LogP contribution is 2.23. The van der Waals surface area contributed by atoms with Crippen LogP contribution in [0.25, 0.3) is 17.1 Å². The molecule has 3 aromatic heterocycles. The van der Waals surface area contributed by atoms with Gasteiger partial charge in [-0.05, 0) is 19.2 Å². The number of hydrogen-bond donors (Lipinski definition) is 0. The molecule has 0 N–H and O–H groups in total. The quantitative estimate of drug-likeness (QED) is 0.647. The fourth-order valence-electron chi connectivity index (χ4n) is 3.12. The second-order valence-corrected chi connectivity index (χ2v) is 6.76. The van der Waals surface area contributed by atoms with Crippen molar-refractivity contribution in [2.24, 2.45) is 7.05 Å². The van der Waals surface area contributed by atoms with Gasteiger partial charge in [-0.2, -0.15) is 5.10 Å². The van der Waals surface area contributed by atoms with Crippen LogP contribution in [0.3, 0.4) is 0 Å². The average Bonchev–Trinajstić information content (AvgIpc) is 3.34. The van der Waals surface area contributed by atoms with Crippen LogP contribution in [0.15, 0.2) is 30.6 Å². The molecule has 10 nitrogen and oxygen atoms in total. The van der Waals surface area contributed by atoms with E-state index in [2.05, 4.69) is 32.3 Å². The number of pyridine rings is 1. The summed E-state index contributed by atoms with van der Waals surface area (Å²) in [6.45, 7) is 3.08. The summed E-state index contributed by atoms with van der Waals surface area (Å²) in [5, 5.41) is 12.7. The van der Waals surface area contributed by atoms with Crippen LogP contribution >= 0.6 is 0 Å². The first-order valence-electron chi connectivity index (χ1n) is 9.00. The van der Waals surface area contributed by atoms with E-state index in [-0.39, 0.29) is 5.91 Å². The van der Waals surface area contributed by atoms with Crippen LogP contribution in [0.4, 0.5) is 0 Å². The van der Waals surface area contributed by atoms with Crippen molar-refractivity contribution in [3.05, 3.63) is 36.3 Å². The Hall–Kier alpha value is -3.27. The number of carbonyl (C=O) groups is 1. The zero-order chi connectivity index (χ0) is 19.7. The second kappa shape index (κ2) is 7.39. The Balaban J connectivity index is 1.72. The molecule has 0 unspecified atom stereocenters. The molecule has 1 aliphatic rings. The Labute approximate surface area is 162 Å². The molecule has 1 saturated heterocycles. The number of nitrogens with zero attached hydrogens (tertiary/aromatic N) is 8. The predicted molar refractivity (Wildman–Crippen MR) is 101 cm³/mol. The lowest BCUT2D eigenvalue weighted by Crippen LogP contribution is -2.47. The van der Waals surface area contributed by atoms with Crippen LogP contribution in [0, 0.1) is 0 Å². The Morgan fingerprint density at radius 1 is 1.14 bits per heavy atom. The molecule has 0 radical (unpaired) electrons. The summed E-state index contributed by atoms with van der Waals surface area (Å²) in [5.74, 6) is 0.421. The first-order chi connectivity index (χ1) is 13.5. The maximum atomic E-state index is 13.0. The maximum absolute atomic E-state index is 13.0. The third-order valence-corrected chi connectivity index (χ3v) is 4.76. The number of aryl methyl sites for hydroxylation is 1. The summed E-state index contributed by atoms with van der Waals surface area (Å²) in [5.41, 5.74) is 2.39. The van der Waals surface area contributed by atoms with E-state index in [4.69, 9.17) is 4.74 Å². The zero-order valence-electron chi connectivity index (χ0n) is 16.1. The summed E-state index contributed by atoms with van der Waals surface area (Å²) in [7, 11) is 5.41. The fourth-order valence-corrected chi connectivity index (χ4v) is 3.12. The van der Waals surface area contributed by atoms with Gasteiger partial charge in [0.05, 0.1) is 30.9 Å². The highest BCUT2D eigenvalue weighted by molar-refractivity contribution is 5.93. The fraction of sp³-hybridized carbons (Fsp3) is 0.389. The summed E-state index contributed by atoms with van der Waals surface area (Å²) >= 11 is 0. The molecule has 146 valence electrons. The van der Waals surface area contributed by atoms with Crippen LogP contribution < -0.4 is 4.74 Å². The number of hydrogen-bond acceptors (Lipinski definition) is 7. The molecule has 4 heterocycles. The topological polar surface area (TPSA) is 94.2 Å². The molecule has 0 saturated carbocycles. The molecule has 3 aromatic rings. The van der Waals surface area contributed by atoms with E-state index >= 15 is 0 Å². The Kier molecular flexibility index (Phi) is 4.78. The maximum Gasteiger partial charge on any atom is 0.274 e. The molecule has 0 aromatic carbocycles. The van der Waals surface area contributed by atoms with Crippen molar-refractivity contribution in [3.63, 3.8) is 0 Å². The number of carbonyl (C=O) groups excluding carboxylic acids is 1. The van der Waals surface area contributed by atoms with Gasteiger partial charge in [0.1, 0.15) is 5.69 Å². The van der Waals surface area contributed by atoms with Gasteiger partial charge in [-0.15, -0.1) is 5.10 Å². The van der Waals surface area contributed by atoms with Crippen LogP contribution in [0.5, 0.6) is 5.88 Å². The van der Waals surface area contributed by atoms with Crippen LogP contribution in [0.1, 0.15) is 10.5 Å². The lowest BCUT2D eigenvalue weighted by atomic mass is 10.2. The van der Waals surface area contributed by atoms with Gasteiger partial charge in [0.15, 0.2) is 5.69 Å². The van der Waals surface area contributed by atoms with Gasteiger partial charge < -0.3 is 14.5 Å². The lowest BCUT2D eigenvalue weighted by Gasteiger charge is -2.31. The third-order valence-electron chi connectivity index (χ3n) is 4.76. The molecule has 10 heteroatoms. The number of likely N-dealkylation sites (N-methyl/N-ethyl adjacent to an activating group) is 1. The van der Waals surface area contributed by atoms with Gasteiger partial charge in [-0.25, -0.2) is 9.67 Å². The second-order valence-electron chi connectivity index (χ2n) is 6.76. The zero-order valence-corrected chi connectivity index (χ0v) is 16.1. The molecule has 1 amide bonds. The SMILES string of the molecule is COc1ccc(-n2nc(C(=O)N3CCN(C)CC3)cc2-c2cn(C)nn2)cn1. The minimum Gasteiger partial charge on any atom is -0.481 e. The average molecular weight is 382 g/mol. The van der Waals surface area contributed by atoms with E-state index in [1.807, 2.05) is 11.0 Å². The summed E-state index contributed by atoms with van der Waals surface area (Å²) in [6.07, 6.45) is 3.43. The van der Waals surface area contributed by atoms with Gasteiger partial charge in [0, 0.05) is 39.3 Å². The van der Waals surface area contributed by atoms with Gasteiger partial charge in [-0.3, -0.25) is 9.48 Å². The van der Waals surface area contributed by atoms with E-state index < -0.39 is 0 Å². The molecular weight excluding hydrogens is 360 g/mol. The van der Waals surface area contributed by atoms with Crippen molar-refractivity contribution >= 4 is 5.91 Å². The first kappa shape index (κ1) is 18.1. The van der Waals surface area contributed by atoms with Crippen molar-refractivity contribution in [2.75, 3.05) is 40.3 Å². The number of aromatic nitrogens is 6. The molecule has 0 atom stereocenters. The number of amides is 1. The lowest BCUT2D eigenvalue weighted by molar-refractivity contribution is 0.0657. The molecule has 0 bridgehead atoms. The number of piperazine rings is 1. The normalized spacial score (nSPS) is 15.0. The van der Waals surface area contributed by atoms with Gasteiger partial charge >= 0.3 is 0 Å². The number of ether oxygens (including phenoxy) is 1. The molecule has 1 fully saturated rings. The van der Waals surface area contributed by atoms with Gasteiger partial charge in [0.25, 0.3) is 5.91 Å². The van der Waals surface area contributed by atoms with Crippen LogP contribution in [-0.2, 0) is 7.05 Å². The Morgan fingerprint density at radius 2 is 1.93 bits per heavy atom. The van der Waals surface area contributed by atoms with Gasteiger partial charge in [0.2, 0.25) is 5.88 Å².